The van der Waals surface area contributed by atoms with Gasteiger partial charge in [-0.15, -0.1) is 0 Å². The van der Waals surface area contributed by atoms with Crippen LogP contribution in [0.1, 0.15) is 33.4 Å². The molecule has 0 aliphatic carbocycles. The summed E-state index contributed by atoms with van der Waals surface area (Å²) in [5.74, 6) is -1.51. The molecule has 7 nitrogen and oxygen atoms in total. The highest BCUT2D eigenvalue weighted by Crippen LogP contribution is 2.42. The molecule has 0 spiro atoms. The molecule has 0 radical (unpaired) electrons. The molecule has 3 heterocycles. The lowest BCUT2D eigenvalue weighted by Crippen LogP contribution is -2.31. The summed E-state index contributed by atoms with van der Waals surface area (Å²) >= 11 is 6.16. The van der Waals surface area contributed by atoms with Crippen molar-refractivity contribution in [3.05, 3.63) is 106 Å². The Labute approximate surface area is 206 Å². The number of halogens is 1. The van der Waals surface area contributed by atoms with Crippen LogP contribution in [0.4, 0.5) is 0 Å². The number of pyridine rings is 1. The van der Waals surface area contributed by atoms with E-state index in [0.29, 0.717) is 27.4 Å². The fourth-order valence-corrected chi connectivity index (χ4v) is 4.63. The van der Waals surface area contributed by atoms with Gasteiger partial charge in [0.15, 0.2) is 22.9 Å². The SMILES string of the molecule is COc1cc(Cl)cc2cc(C(=O)C3=C(O)C(=O)N(Cc4ccccn4)C3c3ccccc3C)oc12. The molecule has 1 aliphatic rings. The first-order valence-corrected chi connectivity index (χ1v) is 11.3. The monoisotopic (exact) mass is 488 g/mol. The normalized spacial score (nSPS) is 15.8. The number of aryl methyl sites for hydroxylation is 1. The van der Waals surface area contributed by atoms with Gasteiger partial charge in [0.25, 0.3) is 5.91 Å². The van der Waals surface area contributed by atoms with Crippen LogP contribution in [0.25, 0.3) is 11.0 Å². The number of aromatic nitrogens is 1. The van der Waals surface area contributed by atoms with Gasteiger partial charge in [-0.1, -0.05) is 41.9 Å². The smallest absolute Gasteiger partial charge is 0.290 e. The van der Waals surface area contributed by atoms with E-state index >= 15 is 0 Å². The van der Waals surface area contributed by atoms with E-state index in [1.165, 1.54) is 18.1 Å². The summed E-state index contributed by atoms with van der Waals surface area (Å²) in [5, 5.41) is 11.9. The molecule has 0 saturated heterocycles. The topological polar surface area (TPSA) is 92.9 Å². The molecule has 176 valence electrons. The average molecular weight is 489 g/mol. The summed E-state index contributed by atoms with van der Waals surface area (Å²) < 4.78 is 11.2. The van der Waals surface area contributed by atoms with Crippen LogP contribution in [-0.2, 0) is 11.3 Å². The van der Waals surface area contributed by atoms with Gasteiger partial charge in [-0.25, -0.2) is 0 Å². The molecule has 2 aromatic heterocycles. The molecule has 8 heteroatoms. The predicted octanol–water partition coefficient (Wildman–Crippen LogP) is 5.58. The third-order valence-electron chi connectivity index (χ3n) is 6.08. The van der Waals surface area contributed by atoms with Crippen molar-refractivity contribution in [3.8, 4) is 5.75 Å². The highest BCUT2D eigenvalue weighted by molar-refractivity contribution is 6.31. The molecule has 1 unspecified atom stereocenters. The minimum atomic E-state index is -0.822. The first kappa shape index (κ1) is 22.7. The summed E-state index contributed by atoms with van der Waals surface area (Å²) in [5.41, 5.74) is 2.52. The number of aliphatic hydroxyl groups is 1. The number of hydrogen-bond acceptors (Lipinski definition) is 6. The zero-order valence-corrected chi connectivity index (χ0v) is 19.7. The van der Waals surface area contributed by atoms with Gasteiger partial charge < -0.3 is 19.2 Å². The fraction of sp³-hybridized carbons (Fsp3) is 0.148. The van der Waals surface area contributed by atoms with Gasteiger partial charge in [0.1, 0.15) is 0 Å². The summed E-state index contributed by atoms with van der Waals surface area (Å²) in [6.07, 6.45) is 1.63. The predicted molar refractivity (Wildman–Crippen MR) is 130 cm³/mol. The third-order valence-corrected chi connectivity index (χ3v) is 6.30. The third kappa shape index (κ3) is 3.94. The van der Waals surface area contributed by atoms with E-state index in [-0.39, 0.29) is 17.9 Å². The Hall–Kier alpha value is -4.10. The van der Waals surface area contributed by atoms with Crippen molar-refractivity contribution >= 4 is 34.3 Å². The minimum absolute atomic E-state index is 0.0341. The Bertz CT molecular complexity index is 1490. The van der Waals surface area contributed by atoms with E-state index < -0.39 is 23.5 Å². The maximum absolute atomic E-state index is 13.8. The number of ketones is 1. The number of ether oxygens (including phenoxy) is 1. The maximum Gasteiger partial charge on any atom is 0.290 e. The van der Waals surface area contributed by atoms with Gasteiger partial charge in [0.05, 0.1) is 31.0 Å². The highest BCUT2D eigenvalue weighted by Gasteiger charge is 2.45. The van der Waals surface area contributed by atoms with Gasteiger partial charge in [-0.05, 0) is 42.3 Å². The van der Waals surface area contributed by atoms with E-state index in [2.05, 4.69) is 4.98 Å². The number of furan rings is 1. The molecule has 0 bridgehead atoms. The number of carbonyl (C=O) groups excluding carboxylic acids is 2. The van der Waals surface area contributed by atoms with Crippen molar-refractivity contribution in [2.45, 2.75) is 19.5 Å². The number of nitrogens with zero attached hydrogens (tertiary/aromatic N) is 2. The Morgan fingerprint density at radius 2 is 1.94 bits per heavy atom. The lowest BCUT2D eigenvalue weighted by atomic mass is 9.92. The quantitative estimate of drug-likeness (QED) is 0.356. The fourth-order valence-electron chi connectivity index (χ4n) is 4.41. The molecule has 1 atom stereocenters. The zero-order valence-electron chi connectivity index (χ0n) is 19.0. The Kier molecular flexibility index (Phi) is 5.78. The van der Waals surface area contributed by atoms with Crippen LogP contribution in [0.2, 0.25) is 5.02 Å². The molecule has 35 heavy (non-hydrogen) atoms. The standard InChI is InChI=1S/C27H21ClN2O5/c1-15-7-3-4-9-19(15)23-22(25(32)27(33)30(23)14-18-8-5-6-10-29-18)24(31)20-12-16-11-17(28)13-21(34-2)26(16)35-20/h3-13,23,32H,14H2,1-2H3. The van der Waals surface area contributed by atoms with Gasteiger partial charge in [0, 0.05) is 22.7 Å². The minimum Gasteiger partial charge on any atom is -0.503 e. The van der Waals surface area contributed by atoms with Crippen LogP contribution in [-0.4, -0.2) is 33.8 Å². The summed E-state index contributed by atoms with van der Waals surface area (Å²) in [6, 6.07) is 16.8. The highest BCUT2D eigenvalue weighted by atomic mass is 35.5. The van der Waals surface area contributed by atoms with Crippen molar-refractivity contribution in [1.82, 2.24) is 9.88 Å². The second-order valence-electron chi connectivity index (χ2n) is 8.24. The van der Waals surface area contributed by atoms with Gasteiger partial charge >= 0.3 is 0 Å². The summed E-state index contributed by atoms with van der Waals surface area (Å²) in [7, 11) is 1.48. The summed E-state index contributed by atoms with van der Waals surface area (Å²) in [4.78, 5) is 32.8. The van der Waals surface area contributed by atoms with Crippen LogP contribution < -0.4 is 4.74 Å². The van der Waals surface area contributed by atoms with E-state index in [0.717, 1.165) is 11.1 Å². The molecule has 5 rings (SSSR count). The molecule has 1 aliphatic heterocycles. The molecule has 1 amide bonds. The van der Waals surface area contributed by atoms with Crippen LogP contribution in [0, 0.1) is 6.92 Å². The van der Waals surface area contributed by atoms with E-state index in [1.54, 1.807) is 30.5 Å². The Morgan fingerprint density at radius 3 is 2.66 bits per heavy atom. The van der Waals surface area contributed by atoms with E-state index in [4.69, 9.17) is 20.8 Å². The molecule has 2 aromatic carbocycles. The number of aliphatic hydroxyl groups excluding tert-OH is 1. The number of Topliss-reactive ketones (excluding diaryl/α,β-unsaturated/α-hetero) is 1. The Morgan fingerprint density at radius 1 is 1.17 bits per heavy atom. The average Bonchev–Trinajstić information content (AvgIpc) is 3.39. The van der Waals surface area contributed by atoms with Gasteiger partial charge in [-0.3, -0.25) is 14.6 Å². The van der Waals surface area contributed by atoms with Crippen molar-refractivity contribution in [2.24, 2.45) is 0 Å². The van der Waals surface area contributed by atoms with Crippen LogP contribution in [0.3, 0.4) is 0 Å². The molecule has 4 aromatic rings. The number of fused-ring (bicyclic) bond motifs is 1. The van der Waals surface area contributed by atoms with Crippen LogP contribution in [0.15, 0.2) is 82.6 Å². The molecule has 1 N–H and O–H groups in total. The summed E-state index contributed by atoms with van der Waals surface area (Å²) in [6.45, 7) is 2.01. The lowest BCUT2D eigenvalue weighted by Gasteiger charge is -2.27. The van der Waals surface area contributed by atoms with Crippen LogP contribution >= 0.6 is 11.6 Å². The number of rotatable bonds is 6. The van der Waals surface area contributed by atoms with Crippen molar-refractivity contribution in [3.63, 3.8) is 0 Å². The van der Waals surface area contributed by atoms with Crippen molar-refractivity contribution < 1.29 is 23.8 Å². The second kappa shape index (κ2) is 8.92. The maximum atomic E-state index is 13.8. The first-order chi connectivity index (χ1) is 16.9. The largest absolute Gasteiger partial charge is 0.503 e. The second-order valence-corrected chi connectivity index (χ2v) is 8.68. The van der Waals surface area contributed by atoms with E-state index in [1.807, 2.05) is 37.3 Å². The number of amides is 1. The molecule has 0 saturated carbocycles. The number of benzene rings is 2. The number of carbonyl (C=O) groups is 2. The first-order valence-electron chi connectivity index (χ1n) is 10.9. The van der Waals surface area contributed by atoms with Crippen molar-refractivity contribution in [1.29, 1.82) is 0 Å². The lowest BCUT2D eigenvalue weighted by molar-refractivity contribution is -0.130. The van der Waals surface area contributed by atoms with Gasteiger partial charge in [0.2, 0.25) is 5.78 Å². The molecular formula is C27H21ClN2O5. The molecular weight excluding hydrogens is 468 g/mol. The number of hydrogen-bond donors (Lipinski definition) is 1. The van der Waals surface area contributed by atoms with E-state index in [9.17, 15) is 14.7 Å². The van der Waals surface area contributed by atoms with Crippen LogP contribution in [0.5, 0.6) is 5.75 Å². The van der Waals surface area contributed by atoms with Crippen molar-refractivity contribution in [2.75, 3.05) is 7.11 Å². The molecule has 0 fully saturated rings. The van der Waals surface area contributed by atoms with Gasteiger partial charge in [-0.2, -0.15) is 0 Å². The Balaban J connectivity index is 1.63. The number of methoxy groups -OCH3 is 1. The zero-order chi connectivity index (χ0) is 24.7.